The van der Waals surface area contributed by atoms with Gasteiger partial charge >= 0.3 is 0 Å². The van der Waals surface area contributed by atoms with Gasteiger partial charge in [0, 0.05) is 26.2 Å². The lowest BCUT2D eigenvalue weighted by Crippen LogP contribution is -2.36. The van der Waals surface area contributed by atoms with Crippen molar-refractivity contribution < 1.29 is 13.5 Å². The van der Waals surface area contributed by atoms with Gasteiger partial charge in [-0.15, -0.1) is 0 Å². The van der Waals surface area contributed by atoms with Crippen molar-refractivity contribution in [1.29, 1.82) is 0 Å². The Labute approximate surface area is 151 Å². The van der Waals surface area contributed by atoms with Crippen LogP contribution in [0, 0.1) is 5.92 Å². The Morgan fingerprint density at radius 3 is 2.56 bits per heavy atom. The van der Waals surface area contributed by atoms with Gasteiger partial charge in [0.15, 0.2) is 0 Å². The van der Waals surface area contributed by atoms with E-state index in [-0.39, 0.29) is 17.0 Å². The summed E-state index contributed by atoms with van der Waals surface area (Å²) in [6, 6.07) is 0. The molecule has 0 amide bonds. The van der Waals surface area contributed by atoms with E-state index in [1.54, 1.807) is 6.20 Å². The summed E-state index contributed by atoms with van der Waals surface area (Å²) in [7, 11) is -3.32. The van der Waals surface area contributed by atoms with Crippen molar-refractivity contribution in [3.63, 3.8) is 0 Å². The van der Waals surface area contributed by atoms with Crippen LogP contribution in [0.25, 0.3) is 0 Å². The smallest absolute Gasteiger partial charge is 0.227 e. The van der Waals surface area contributed by atoms with E-state index in [1.165, 1.54) is 0 Å². The van der Waals surface area contributed by atoms with Crippen molar-refractivity contribution in [2.75, 3.05) is 18.8 Å². The minimum Gasteiger partial charge on any atom is -0.393 e. The molecular formula is C18H31N3O3S. The van der Waals surface area contributed by atoms with Crippen LogP contribution in [0.5, 0.6) is 0 Å². The van der Waals surface area contributed by atoms with Crippen LogP contribution >= 0.6 is 0 Å². The third-order valence-electron chi connectivity index (χ3n) is 5.54. The fraction of sp³-hybridized carbons (Fsp3) is 0.833. The fourth-order valence-electron chi connectivity index (χ4n) is 3.67. The van der Waals surface area contributed by atoms with Crippen LogP contribution < -0.4 is 0 Å². The zero-order chi connectivity index (χ0) is 17.9. The second kappa shape index (κ2) is 8.18. The van der Waals surface area contributed by atoms with E-state index in [9.17, 15) is 13.5 Å². The van der Waals surface area contributed by atoms with Crippen LogP contribution in [-0.4, -0.2) is 52.9 Å². The quantitative estimate of drug-likeness (QED) is 0.760. The Bertz CT molecular complexity index is 659. The molecule has 2 heterocycles. The zero-order valence-electron chi connectivity index (χ0n) is 15.2. The minimum atomic E-state index is -3.32. The number of hydrogen-bond acceptors (Lipinski definition) is 5. The van der Waals surface area contributed by atoms with Crippen molar-refractivity contribution in [3.05, 3.63) is 11.9 Å². The SMILES string of the molecule is CCCCn1c(CN2CCC(O)CC2)cnc1S(=O)(=O)CC1CCC1. The zero-order valence-corrected chi connectivity index (χ0v) is 16.0. The first kappa shape index (κ1) is 18.9. The highest BCUT2D eigenvalue weighted by Crippen LogP contribution is 2.30. The minimum absolute atomic E-state index is 0.195. The van der Waals surface area contributed by atoms with Crippen molar-refractivity contribution in [2.24, 2.45) is 5.92 Å². The van der Waals surface area contributed by atoms with Gasteiger partial charge in [-0.2, -0.15) is 0 Å². The van der Waals surface area contributed by atoms with Crippen LogP contribution in [0.2, 0.25) is 0 Å². The van der Waals surface area contributed by atoms with Crippen LogP contribution in [0.3, 0.4) is 0 Å². The molecule has 2 aliphatic rings. The first-order valence-corrected chi connectivity index (χ1v) is 11.3. The number of hydrogen-bond donors (Lipinski definition) is 1. The van der Waals surface area contributed by atoms with Crippen molar-refractivity contribution in [2.45, 2.75) is 76.2 Å². The third kappa shape index (κ3) is 4.63. The second-order valence-electron chi connectivity index (χ2n) is 7.62. The highest BCUT2D eigenvalue weighted by Gasteiger charge is 2.30. The lowest BCUT2D eigenvalue weighted by Gasteiger charge is -2.29. The molecule has 0 spiro atoms. The molecule has 0 bridgehead atoms. The maximum Gasteiger partial charge on any atom is 0.227 e. The van der Waals surface area contributed by atoms with E-state index < -0.39 is 9.84 Å². The summed E-state index contributed by atoms with van der Waals surface area (Å²) in [4.78, 5) is 6.62. The average molecular weight is 370 g/mol. The summed E-state index contributed by atoms with van der Waals surface area (Å²) in [6.07, 6.45) is 8.30. The maximum atomic E-state index is 12.8. The first-order chi connectivity index (χ1) is 12.0. The van der Waals surface area contributed by atoms with Gasteiger partial charge in [-0.05, 0) is 38.0 Å². The van der Waals surface area contributed by atoms with E-state index in [1.807, 2.05) is 4.57 Å². The number of rotatable bonds is 8. The molecule has 25 heavy (non-hydrogen) atoms. The van der Waals surface area contributed by atoms with E-state index in [0.717, 1.165) is 63.7 Å². The van der Waals surface area contributed by atoms with Gasteiger partial charge in [-0.1, -0.05) is 19.8 Å². The van der Waals surface area contributed by atoms with Crippen LogP contribution in [0.1, 0.15) is 57.6 Å². The van der Waals surface area contributed by atoms with Gasteiger partial charge in [0.1, 0.15) is 0 Å². The lowest BCUT2D eigenvalue weighted by atomic mass is 9.87. The Hall–Kier alpha value is -0.920. The average Bonchev–Trinajstić information content (AvgIpc) is 2.95. The summed E-state index contributed by atoms with van der Waals surface area (Å²) >= 11 is 0. The number of imidazole rings is 1. The molecule has 1 aliphatic carbocycles. The van der Waals surface area contributed by atoms with E-state index in [0.29, 0.717) is 19.0 Å². The molecule has 6 nitrogen and oxygen atoms in total. The molecular weight excluding hydrogens is 338 g/mol. The molecule has 0 unspecified atom stereocenters. The largest absolute Gasteiger partial charge is 0.393 e. The molecule has 0 radical (unpaired) electrons. The second-order valence-corrected chi connectivity index (χ2v) is 9.55. The summed E-state index contributed by atoms with van der Waals surface area (Å²) in [5.41, 5.74) is 0.983. The molecule has 1 N–H and O–H groups in total. The fourth-order valence-corrected chi connectivity index (χ4v) is 5.53. The summed E-state index contributed by atoms with van der Waals surface area (Å²) in [6.45, 7) is 5.24. The van der Waals surface area contributed by atoms with Crippen molar-refractivity contribution in [3.8, 4) is 0 Å². The number of aromatic nitrogens is 2. The Morgan fingerprint density at radius 1 is 1.24 bits per heavy atom. The highest BCUT2D eigenvalue weighted by atomic mass is 32.2. The molecule has 2 fully saturated rings. The van der Waals surface area contributed by atoms with Crippen LogP contribution in [-0.2, 0) is 22.9 Å². The predicted octanol–water partition coefficient (Wildman–Crippen LogP) is 2.21. The van der Waals surface area contributed by atoms with E-state index in [4.69, 9.17) is 0 Å². The predicted molar refractivity (Wildman–Crippen MR) is 97.0 cm³/mol. The van der Waals surface area contributed by atoms with Gasteiger partial charge in [-0.25, -0.2) is 13.4 Å². The van der Waals surface area contributed by atoms with E-state index in [2.05, 4.69) is 16.8 Å². The van der Waals surface area contributed by atoms with E-state index >= 15 is 0 Å². The first-order valence-electron chi connectivity index (χ1n) is 9.67. The molecule has 0 atom stereocenters. The van der Waals surface area contributed by atoms with Gasteiger partial charge in [0.2, 0.25) is 15.0 Å². The van der Waals surface area contributed by atoms with Gasteiger partial charge in [-0.3, -0.25) is 4.90 Å². The molecule has 142 valence electrons. The number of likely N-dealkylation sites (tertiary alicyclic amines) is 1. The summed E-state index contributed by atoms with van der Waals surface area (Å²) in [5.74, 6) is 0.555. The number of piperidine rings is 1. The molecule has 1 aliphatic heterocycles. The number of nitrogens with zero attached hydrogens (tertiary/aromatic N) is 3. The van der Waals surface area contributed by atoms with Gasteiger partial charge < -0.3 is 9.67 Å². The summed E-state index contributed by atoms with van der Waals surface area (Å²) < 4.78 is 27.6. The number of aliphatic hydroxyl groups excluding tert-OH is 1. The Kier molecular flexibility index (Phi) is 6.17. The maximum absolute atomic E-state index is 12.8. The van der Waals surface area contributed by atoms with Crippen LogP contribution in [0.15, 0.2) is 11.4 Å². The molecule has 7 heteroatoms. The molecule has 1 saturated heterocycles. The Morgan fingerprint density at radius 2 is 1.96 bits per heavy atom. The Balaban J connectivity index is 1.77. The van der Waals surface area contributed by atoms with Crippen LogP contribution in [0.4, 0.5) is 0 Å². The molecule has 1 aromatic heterocycles. The monoisotopic (exact) mass is 369 g/mol. The number of unbranched alkanes of at least 4 members (excludes halogenated alkanes) is 1. The normalized spacial score (nSPS) is 20.7. The van der Waals surface area contributed by atoms with Crippen molar-refractivity contribution >= 4 is 9.84 Å². The molecule has 1 aromatic rings. The summed E-state index contributed by atoms with van der Waals surface area (Å²) in [5, 5.41) is 9.93. The third-order valence-corrected chi connectivity index (χ3v) is 7.33. The van der Waals surface area contributed by atoms with Gasteiger partial charge in [0.05, 0.1) is 23.7 Å². The molecule has 1 saturated carbocycles. The highest BCUT2D eigenvalue weighted by molar-refractivity contribution is 7.91. The standard InChI is InChI=1S/C18H31N3O3S/c1-2-3-9-21-16(13-20-10-7-17(22)8-11-20)12-19-18(21)25(23,24)14-15-5-4-6-15/h12,15,17,22H,2-11,13-14H2,1H3. The molecule has 3 rings (SSSR count). The van der Waals surface area contributed by atoms with Gasteiger partial charge in [0.25, 0.3) is 0 Å². The van der Waals surface area contributed by atoms with Crippen molar-refractivity contribution in [1.82, 2.24) is 14.5 Å². The number of aliphatic hydroxyl groups is 1. The topological polar surface area (TPSA) is 75.4 Å². The number of sulfone groups is 1. The lowest BCUT2D eigenvalue weighted by molar-refractivity contribution is 0.0780. The molecule has 0 aromatic carbocycles.